The Morgan fingerprint density at radius 3 is 2.30 bits per heavy atom. The summed E-state index contributed by atoms with van der Waals surface area (Å²) in [6.45, 7) is 6.59. The number of benzene rings is 1. The highest BCUT2D eigenvalue weighted by Gasteiger charge is 2.37. The van der Waals surface area contributed by atoms with E-state index in [1.807, 2.05) is 13.8 Å². The van der Waals surface area contributed by atoms with Crippen LogP contribution in [0.5, 0.6) is 11.5 Å². The van der Waals surface area contributed by atoms with Crippen LogP contribution in [-0.2, 0) is 15.3 Å². The van der Waals surface area contributed by atoms with Gasteiger partial charge in [0, 0.05) is 19.6 Å². The second kappa shape index (κ2) is 9.37. The van der Waals surface area contributed by atoms with Crippen LogP contribution in [-0.4, -0.2) is 29.6 Å². The third-order valence-electron chi connectivity index (χ3n) is 3.47. The molecule has 130 valence electrons. The van der Waals surface area contributed by atoms with Gasteiger partial charge >= 0.3 is 6.16 Å². The van der Waals surface area contributed by atoms with E-state index in [4.69, 9.17) is 14.6 Å². The Labute approximate surface area is 137 Å². The summed E-state index contributed by atoms with van der Waals surface area (Å²) in [7, 11) is 0. The van der Waals surface area contributed by atoms with Crippen molar-refractivity contribution in [3.8, 4) is 11.5 Å². The standard InChI is InChI=1S/C17H26O6/c1-4-7-8-12-17(21-5-2,22-6-3)13-10-9-11-14(15(13)18)23-16(19)20/h9-11,18H,4-8,12H2,1-3H3,(H,19,20). The summed E-state index contributed by atoms with van der Waals surface area (Å²) in [5, 5.41) is 19.2. The Balaban J connectivity index is 3.25. The van der Waals surface area contributed by atoms with Crippen LogP contribution in [0.3, 0.4) is 0 Å². The first kappa shape index (κ1) is 19.3. The topological polar surface area (TPSA) is 85.2 Å². The quantitative estimate of drug-likeness (QED) is 0.289. The molecule has 0 aliphatic rings. The zero-order valence-corrected chi connectivity index (χ0v) is 14.0. The van der Waals surface area contributed by atoms with E-state index in [0.29, 0.717) is 25.2 Å². The van der Waals surface area contributed by atoms with E-state index in [-0.39, 0.29) is 11.5 Å². The number of unbranched alkanes of at least 4 members (excludes halogenated alkanes) is 2. The minimum absolute atomic E-state index is 0.130. The smallest absolute Gasteiger partial charge is 0.504 e. The maximum atomic E-state index is 10.7. The number of ether oxygens (including phenoxy) is 3. The Hall–Kier alpha value is -1.79. The molecule has 0 amide bonds. The fourth-order valence-corrected chi connectivity index (χ4v) is 2.56. The van der Waals surface area contributed by atoms with Gasteiger partial charge in [-0.3, -0.25) is 0 Å². The van der Waals surface area contributed by atoms with Crippen molar-refractivity contribution in [3.63, 3.8) is 0 Å². The summed E-state index contributed by atoms with van der Waals surface area (Å²) in [5.41, 5.74) is 0.385. The molecule has 0 fully saturated rings. The normalized spacial score (nSPS) is 11.4. The molecule has 0 aliphatic heterocycles. The van der Waals surface area contributed by atoms with E-state index >= 15 is 0 Å². The maximum absolute atomic E-state index is 10.7. The van der Waals surface area contributed by atoms with Gasteiger partial charge in [-0.1, -0.05) is 25.8 Å². The van der Waals surface area contributed by atoms with E-state index in [1.165, 1.54) is 6.07 Å². The molecule has 0 spiro atoms. The average Bonchev–Trinajstić information content (AvgIpc) is 2.49. The van der Waals surface area contributed by atoms with Crippen LogP contribution in [0.25, 0.3) is 0 Å². The first-order valence-electron chi connectivity index (χ1n) is 8.01. The largest absolute Gasteiger partial charge is 0.511 e. The van der Waals surface area contributed by atoms with E-state index < -0.39 is 11.9 Å². The van der Waals surface area contributed by atoms with Crippen LogP contribution in [0.15, 0.2) is 18.2 Å². The molecule has 1 rings (SSSR count). The highest BCUT2D eigenvalue weighted by Crippen LogP contribution is 2.42. The fourth-order valence-electron chi connectivity index (χ4n) is 2.56. The number of phenolic OH excluding ortho intramolecular Hbond substituents is 1. The third-order valence-corrected chi connectivity index (χ3v) is 3.47. The van der Waals surface area contributed by atoms with Gasteiger partial charge in [0.05, 0.1) is 5.56 Å². The summed E-state index contributed by atoms with van der Waals surface area (Å²) in [4.78, 5) is 10.7. The highest BCUT2D eigenvalue weighted by molar-refractivity contribution is 5.63. The van der Waals surface area contributed by atoms with E-state index in [1.54, 1.807) is 12.1 Å². The molecule has 0 aliphatic carbocycles. The predicted octanol–water partition coefficient (Wildman–Crippen LogP) is 4.26. The first-order chi connectivity index (χ1) is 11.0. The van der Waals surface area contributed by atoms with E-state index in [2.05, 4.69) is 11.7 Å². The molecule has 0 unspecified atom stereocenters. The number of para-hydroxylation sites is 1. The summed E-state index contributed by atoms with van der Waals surface area (Å²) in [5.74, 6) is -1.51. The molecule has 2 N–H and O–H groups in total. The molecule has 1 aromatic rings. The molecule has 0 saturated heterocycles. The molecule has 6 nitrogen and oxygen atoms in total. The molecule has 0 radical (unpaired) electrons. The van der Waals surface area contributed by atoms with Crippen molar-refractivity contribution in [3.05, 3.63) is 23.8 Å². The monoisotopic (exact) mass is 326 g/mol. The Morgan fingerprint density at radius 2 is 1.78 bits per heavy atom. The molecule has 0 bridgehead atoms. The minimum Gasteiger partial charge on any atom is -0.504 e. The van der Waals surface area contributed by atoms with Gasteiger partial charge in [-0.15, -0.1) is 0 Å². The van der Waals surface area contributed by atoms with E-state index in [9.17, 15) is 9.90 Å². The number of hydrogen-bond donors (Lipinski definition) is 2. The second-order valence-electron chi connectivity index (χ2n) is 5.10. The van der Waals surface area contributed by atoms with Gasteiger partial charge in [0.1, 0.15) is 0 Å². The first-order valence-corrected chi connectivity index (χ1v) is 8.01. The van der Waals surface area contributed by atoms with Crippen molar-refractivity contribution in [1.29, 1.82) is 0 Å². The van der Waals surface area contributed by atoms with Crippen molar-refractivity contribution in [2.75, 3.05) is 13.2 Å². The second-order valence-corrected chi connectivity index (χ2v) is 5.10. The van der Waals surface area contributed by atoms with Crippen LogP contribution in [0, 0.1) is 0 Å². The zero-order valence-electron chi connectivity index (χ0n) is 14.0. The van der Waals surface area contributed by atoms with Gasteiger partial charge in [-0.25, -0.2) is 4.79 Å². The van der Waals surface area contributed by atoms with Crippen LogP contribution in [0.2, 0.25) is 0 Å². The number of hydrogen-bond acceptors (Lipinski definition) is 5. The highest BCUT2D eigenvalue weighted by atomic mass is 16.7. The van der Waals surface area contributed by atoms with Crippen molar-refractivity contribution < 1.29 is 29.2 Å². The molecule has 1 aromatic carbocycles. The third kappa shape index (κ3) is 5.11. The predicted molar refractivity (Wildman–Crippen MR) is 85.8 cm³/mol. The van der Waals surface area contributed by atoms with Gasteiger partial charge in [-0.2, -0.15) is 0 Å². The molecular weight excluding hydrogens is 300 g/mol. The lowest BCUT2D eigenvalue weighted by Crippen LogP contribution is -2.33. The van der Waals surface area contributed by atoms with Crippen molar-refractivity contribution in [1.82, 2.24) is 0 Å². The van der Waals surface area contributed by atoms with Gasteiger partial charge in [0.2, 0.25) is 0 Å². The maximum Gasteiger partial charge on any atom is 0.511 e. The summed E-state index contributed by atoms with van der Waals surface area (Å²) >= 11 is 0. The lowest BCUT2D eigenvalue weighted by Gasteiger charge is -2.34. The fraction of sp³-hybridized carbons (Fsp3) is 0.588. The molecule has 0 heterocycles. The lowest BCUT2D eigenvalue weighted by molar-refractivity contribution is -0.248. The van der Waals surface area contributed by atoms with Gasteiger partial charge in [0.15, 0.2) is 17.3 Å². The van der Waals surface area contributed by atoms with Crippen LogP contribution in [0.1, 0.15) is 52.0 Å². The van der Waals surface area contributed by atoms with Gasteiger partial charge < -0.3 is 24.4 Å². The van der Waals surface area contributed by atoms with Crippen LogP contribution in [0.4, 0.5) is 4.79 Å². The summed E-state index contributed by atoms with van der Waals surface area (Å²) < 4.78 is 16.3. The van der Waals surface area contributed by atoms with Crippen LogP contribution < -0.4 is 4.74 Å². The SMILES string of the molecule is CCCCCC(OCC)(OCC)c1cccc(OC(=O)O)c1O. The Kier molecular flexibility index (Phi) is 7.85. The molecule has 23 heavy (non-hydrogen) atoms. The number of rotatable bonds is 10. The van der Waals surface area contributed by atoms with E-state index in [0.717, 1.165) is 19.3 Å². The lowest BCUT2D eigenvalue weighted by atomic mass is 9.97. The number of carbonyl (C=O) groups is 1. The van der Waals surface area contributed by atoms with Crippen molar-refractivity contribution >= 4 is 6.16 Å². The minimum atomic E-state index is -1.48. The summed E-state index contributed by atoms with van der Waals surface area (Å²) in [6, 6.07) is 4.67. The molecule has 6 heteroatoms. The number of aromatic hydroxyl groups is 1. The molecule has 0 atom stereocenters. The zero-order chi connectivity index (χ0) is 17.3. The van der Waals surface area contributed by atoms with Gasteiger partial charge in [-0.05, 0) is 32.4 Å². The molecular formula is C17H26O6. The Morgan fingerprint density at radius 1 is 1.13 bits per heavy atom. The average molecular weight is 326 g/mol. The molecule has 0 saturated carbocycles. The number of carboxylic acid groups (broad SMARTS) is 1. The van der Waals surface area contributed by atoms with Gasteiger partial charge in [0.25, 0.3) is 0 Å². The summed E-state index contributed by atoms with van der Waals surface area (Å²) in [6.07, 6.45) is 1.99. The number of phenols is 1. The van der Waals surface area contributed by atoms with Crippen molar-refractivity contribution in [2.24, 2.45) is 0 Å². The van der Waals surface area contributed by atoms with Crippen LogP contribution >= 0.6 is 0 Å². The molecule has 0 aromatic heterocycles. The Bertz CT molecular complexity index is 494. The van der Waals surface area contributed by atoms with Crippen molar-refractivity contribution in [2.45, 2.75) is 52.2 Å².